The normalized spacial score (nSPS) is 11.4. The molecule has 0 fully saturated rings. The van der Waals surface area contributed by atoms with Crippen LogP contribution in [0.15, 0.2) is 143 Å². The van der Waals surface area contributed by atoms with Crippen molar-refractivity contribution in [3.8, 4) is 5.75 Å². The molecule has 0 heterocycles. The zero-order valence-corrected chi connectivity index (χ0v) is 25.3. The summed E-state index contributed by atoms with van der Waals surface area (Å²) in [6, 6.07) is 35.7. The van der Waals surface area contributed by atoms with Gasteiger partial charge >= 0.3 is 0 Å². The first-order valence-electron chi connectivity index (χ1n) is 13.5. The summed E-state index contributed by atoms with van der Waals surface area (Å²) in [5.41, 5.74) is 1.75. The molecule has 0 spiro atoms. The predicted molar refractivity (Wildman–Crippen MR) is 171 cm³/mol. The monoisotopic (exact) mass is 627 g/mol. The van der Waals surface area contributed by atoms with Crippen molar-refractivity contribution in [3.63, 3.8) is 0 Å². The molecule has 0 radical (unpaired) electrons. The summed E-state index contributed by atoms with van der Waals surface area (Å²) in [7, 11) is -6.44. The fourth-order valence-corrected chi connectivity index (χ4v) is 6.99. The molecule has 0 aliphatic carbocycles. The Hall–Kier alpha value is -5.13. The van der Waals surface area contributed by atoms with Crippen LogP contribution in [0, 0.1) is 0 Å². The van der Waals surface area contributed by atoms with Gasteiger partial charge in [0.2, 0.25) is 0 Å². The molecule has 5 aromatic rings. The minimum Gasteiger partial charge on any atom is -0.497 e. The number of hydrogen-bond acceptors (Lipinski definition) is 6. The topological polar surface area (TPSA) is 122 Å². The van der Waals surface area contributed by atoms with E-state index in [4.69, 9.17) is 4.74 Å². The minimum atomic E-state index is -4.06. The maximum atomic E-state index is 13.9. The number of ether oxygens (including phenoxy) is 1. The Morgan fingerprint density at radius 1 is 0.659 bits per heavy atom. The van der Waals surface area contributed by atoms with Crippen molar-refractivity contribution in [2.45, 2.75) is 16.3 Å². The summed E-state index contributed by atoms with van der Waals surface area (Å²) in [5, 5.41) is 2.76. The van der Waals surface area contributed by atoms with Gasteiger partial charge in [-0.25, -0.2) is 16.8 Å². The van der Waals surface area contributed by atoms with Crippen molar-refractivity contribution in [2.75, 3.05) is 21.5 Å². The van der Waals surface area contributed by atoms with E-state index in [1.165, 1.54) is 47.8 Å². The molecule has 11 heteroatoms. The molecule has 0 aliphatic heterocycles. The number of amides is 1. The van der Waals surface area contributed by atoms with E-state index in [-0.39, 0.29) is 27.6 Å². The van der Waals surface area contributed by atoms with E-state index >= 15 is 0 Å². The predicted octanol–water partition coefficient (Wildman–Crippen LogP) is 6.14. The van der Waals surface area contributed by atoms with E-state index in [1.54, 1.807) is 66.7 Å². The highest BCUT2D eigenvalue weighted by molar-refractivity contribution is 7.93. The number of para-hydroxylation sites is 1. The van der Waals surface area contributed by atoms with Gasteiger partial charge in [-0.15, -0.1) is 0 Å². The van der Waals surface area contributed by atoms with Gasteiger partial charge in [0, 0.05) is 11.4 Å². The largest absolute Gasteiger partial charge is 0.497 e. The van der Waals surface area contributed by atoms with Crippen LogP contribution in [0.3, 0.4) is 0 Å². The third-order valence-electron chi connectivity index (χ3n) is 6.68. The summed E-state index contributed by atoms with van der Waals surface area (Å²) < 4.78 is 62.4. The van der Waals surface area contributed by atoms with Gasteiger partial charge in [0.25, 0.3) is 26.0 Å². The molecular weight excluding hydrogens is 599 g/mol. The van der Waals surface area contributed by atoms with Gasteiger partial charge in [0.1, 0.15) is 5.75 Å². The fraction of sp³-hybridized carbons (Fsp3) is 0.0606. The molecular formula is C33H29N3O6S2. The van der Waals surface area contributed by atoms with Crippen LogP contribution in [0.25, 0.3) is 0 Å². The second-order valence-corrected chi connectivity index (χ2v) is 13.2. The number of hydrogen-bond donors (Lipinski definition) is 2. The average molecular weight is 628 g/mol. The quantitative estimate of drug-likeness (QED) is 0.181. The molecule has 0 saturated carbocycles. The van der Waals surface area contributed by atoms with Crippen LogP contribution in [-0.4, -0.2) is 29.9 Å². The molecule has 9 nitrogen and oxygen atoms in total. The van der Waals surface area contributed by atoms with Crippen molar-refractivity contribution >= 4 is 43.0 Å². The molecule has 0 aliphatic rings. The maximum Gasteiger partial charge on any atom is 0.264 e. The van der Waals surface area contributed by atoms with Gasteiger partial charge in [0.05, 0.1) is 34.7 Å². The van der Waals surface area contributed by atoms with Crippen molar-refractivity contribution < 1.29 is 26.4 Å². The Bertz CT molecular complexity index is 1950. The minimum absolute atomic E-state index is 0.00386. The summed E-state index contributed by atoms with van der Waals surface area (Å²) in [5.74, 6) is 0.0318. The Balaban J connectivity index is 1.41. The molecule has 0 aromatic heterocycles. The summed E-state index contributed by atoms with van der Waals surface area (Å²) in [6.45, 7) is -0.00386. The number of nitrogens with one attached hydrogen (secondary N) is 2. The molecule has 44 heavy (non-hydrogen) atoms. The van der Waals surface area contributed by atoms with Crippen LogP contribution >= 0.6 is 0 Å². The number of sulfonamides is 2. The Kier molecular flexibility index (Phi) is 8.98. The molecule has 0 bridgehead atoms. The Morgan fingerprint density at radius 2 is 1.23 bits per heavy atom. The van der Waals surface area contributed by atoms with Crippen molar-refractivity contribution in [1.29, 1.82) is 0 Å². The third kappa shape index (κ3) is 6.91. The van der Waals surface area contributed by atoms with Gasteiger partial charge in [-0.2, -0.15) is 0 Å². The first-order chi connectivity index (χ1) is 21.2. The molecule has 5 rings (SSSR count). The van der Waals surface area contributed by atoms with Crippen molar-refractivity contribution in [1.82, 2.24) is 0 Å². The lowest BCUT2D eigenvalue weighted by molar-refractivity contribution is 0.102. The van der Waals surface area contributed by atoms with Crippen molar-refractivity contribution in [2.24, 2.45) is 0 Å². The first-order valence-corrected chi connectivity index (χ1v) is 16.4. The molecule has 0 saturated heterocycles. The summed E-state index contributed by atoms with van der Waals surface area (Å²) in [6.07, 6.45) is 0. The highest BCUT2D eigenvalue weighted by atomic mass is 32.2. The second-order valence-electron chi connectivity index (χ2n) is 9.64. The number of benzene rings is 5. The van der Waals surface area contributed by atoms with E-state index in [0.29, 0.717) is 17.1 Å². The number of nitrogens with zero attached hydrogens (tertiary/aromatic N) is 1. The molecule has 2 N–H and O–H groups in total. The van der Waals surface area contributed by atoms with Gasteiger partial charge in [-0.05, 0) is 78.4 Å². The summed E-state index contributed by atoms with van der Waals surface area (Å²) >= 11 is 0. The van der Waals surface area contributed by atoms with E-state index in [2.05, 4.69) is 10.0 Å². The smallest absolute Gasteiger partial charge is 0.264 e. The average Bonchev–Trinajstić information content (AvgIpc) is 3.05. The van der Waals surface area contributed by atoms with Gasteiger partial charge < -0.3 is 10.1 Å². The lowest BCUT2D eigenvalue weighted by Crippen LogP contribution is -2.32. The van der Waals surface area contributed by atoms with Gasteiger partial charge in [-0.1, -0.05) is 60.7 Å². The van der Waals surface area contributed by atoms with E-state index in [1.807, 2.05) is 30.3 Å². The van der Waals surface area contributed by atoms with Crippen LogP contribution in [0.5, 0.6) is 5.75 Å². The second kappa shape index (κ2) is 13.0. The van der Waals surface area contributed by atoms with Gasteiger partial charge in [0.15, 0.2) is 0 Å². The number of carbonyl (C=O) groups excluding carboxylic acids is 1. The Labute approximate surface area is 256 Å². The zero-order valence-electron chi connectivity index (χ0n) is 23.6. The molecule has 0 atom stereocenters. The SMILES string of the molecule is COc1ccc(NS(=O)(=O)c2ccc(NC(=O)c3ccccc3N(Cc3ccccc3)S(=O)(=O)c3ccccc3)cc2)cc1. The fourth-order valence-electron chi connectivity index (χ4n) is 4.44. The van der Waals surface area contributed by atoms with Gasteiger partial charge in [-0.3, -0.25) is 13.8 Å². The molecule has 5 aromatic carbocycles. The summed E-state index contributed by atoms with van der Waals surface area (Å²) in [4.78, 5) is 13.6. The maximum absolute atomic E-state index is 13.9. The molecule has 224 valence electrons. The van der Waals surface area contributed by atoms with Crippen LogP contribution in [0.2, 0.25) is 0 Å². The van der Waals surface area contributed by atoms with E-state index < -0.39 is 26.0 Å². The standard InChI is InChI=1S/C33H29N3O6S2/c1-42-28-20-16-27(17-21-28)35-43(38,39)29-22-18-26(19-23-29)34-33(37)31-14-8-9-15-32(31)36(24-25-10-4-2-5-11-25)44(40,41)30-12-6-3-7-13-30/h2-23,35H,24H2,1H3,(H,34,37). The molecule has 0 unspecified atom stereocenters. The number of carbonyl (C=O) groups is 1. The zero-order chi connectivity index (χ0) is 31.2. The van der Waals surface area contributed by atoms with Crippen molar-refractivity contribution in [3.05, 3.63) is 145 Å². The van der Waals surface area contributed by atoms with Crippen LogP contribution < -0.4 is 19.1 Å². The lowest BCUT2D eigenvalue weighted by Gasteiger charge is -2.26. The molecule has 1 amide bonds. The van der Waals surface area contributed by atoms with Crippen LogP contribution in [-0.2, 0) is 26.6 Å². The number of rotatable bonds is 11. The number of anilines is 3. The first kappa shape index (κ1) is 30.3. The Morgan fingerprint density at radius 3 is 1.86 bits per heavy atom. The lowest BCUT2D eigenvalue weighted by atomic mass is 10.1. The highest BCUT2D eigenvalue weighted by Gasteiger charge is 2.28. The van der Waals surface area contributed by atoms with E-state index in [9.17, 15) is 21.6 Å². The van der Waals surface area contributed by atoms with Crippen LogP contribution in [0.1, 0.15) is 15.9 Å². The van der Waals surface area contributed by atoms with Crippen LogP contribution in [0.4, 0.5) is 17.1 Å². The number of methoxy groups -OCH3 is 1. The van der Waals surface area contributed by atoms with E-state index in [0.717, 1.165) is 5.56 Å². The third-order valence-corrected chi connectivity index (χ3v) is 9.85. The highest BCUT2D eigenvalue weighted by Crippen LogP contribution is 2.30.